The molecule has 0 heterocycles. The van der Waals surface area contributed by atoms with Gasteiger partial charge >= 0.3 is 0 Å². The third-order valence-electron chi connectivity index (χ3n) is 3.96. The largest absolute Gasteiger partial charge is 0.508 e. The van der Waals surface area contributed by atoms with Crippen molar-refractivity contribution >= 4 is 10.1 Å². The Balaban J connectivity index is 2.10. The Morgan fingerprint density at radius 1 is 0.600 bits per heavy atom. The van der Waals surface area contributed by atoms with E-state index in [9.17, 15) is 18.6 Å². The van der Waals surface area contributed by atoms with Crippen molar-refractivity contribution < 1.29 is 23.2 Å². The number of aromatic hydroxyl groups is 2. The summed E-state index contributed by atoms with van der Waals surface area (Å²) in [6, 6.07) is 19.4. The second kappa shape index (κ2) is 6.58. The van der Waals surface area contributed by atoms with Crippen LogP contribution in [0.1, 0.15) is 22.6 Å². The maximum Gasteiger partial charge on any atom is 0.294 e. The molecule has 0 unspecified atom stereocenters. The van der Waals surface area contributed by atoms with Gasteiger partial charge in [-0.2, -0.15) is 8.42 Å². The normalized spacial score (nSPS) is 11.6. The lowest BCUT2D eigenvalue weighted by atomic mass is 9.85. The van der Waals surface area contributed by atoms with E-state index in [2.05, 4.69) is 0 Å². The average molecular weight is 356 g/mol. The van der Waals surface area contributed by atoms with E-state index in [0.717, 1.165) is 16.7 Å². The van der Waals surface area contributed by atoms with Gasteiger partial charge in [-0.15, -0.1) is 0 Å². The summed E-state index contributed by atoms with van der Waals surface area (Å²) in [5, 5.41) is 19.0. The molecule has 0 fully saturated rings. The van der Waals surface area contributed by atoms with Crippen molar-refractivity contribution in [2.75, 3.05) is 0 Å². The van der Waals surface area contributed by atoms with E-state index in [0.29, 0.717) is 0 Å². The zero-order chi connectivity index (χ0) is 18.0. The van der Waals surface area contributed by atoms with Crippen molar-refractivity contribution in [1.29, 1.82) is 0 Å². The van der Waals surface area contributed by atoms with Crippen molar-refractivity contribution in [3.05, 3.63) is 89.5 Å². The van der Waals surface area contributed by atoms with Crippen LogP contribution in [0.3, 0.4) is 0 Å². The Bertz CT molecular complexity index is 914. The third kappa shape index (κ3) is 3.81. The molecule has 0 aliphatic carbocycles. The summed E-state index contributed by atoms with van der Waals surface area (Å²) in [5.74, 6) is 0.0708. The molecule has 0 amide bonds. The van der Waals surface area contributed by atoms with E-state index in [-0.39, 0.29) is 22.3 Å². The van der Waals surface area contributed by atoms with Crippen LogP contribution in [0, 0.1) is 0 Å². The molecule has 0 radical (unpaired) electrons. The highest BCUT2D eigenvalue weighted by molar-refractivity contribution is 7.85. The average Bonchev–Trinajstić information content (AvgIpc) is 2.58. The van der Waals surface area contributed by atoms with Crippen molar-refractivity contribution in [2.45, 2.75) is 10.8 Å². The number of phenols is 2. The van der Waals surface area contributed by atoms with E-state index in [1.807, 2.05) is 0 Å². The van der Waals surface area contributed by atoms with Crippen LogP contribution in [0.2, 0.25) is 0 Å². The Kier molecular flexibility index (Phi) is 4.48. The second-order valence-electron chi connectivity index (χ2n) is 5.66. The highest BCUT2D eigenvalue weighted by atomic mass is 32.2. The zero-order valence-electron chi connectivity index (χ0n) is 13.1. The highest BCUT2D eigenvalue weighted by Gasteiger charge is 2.18. The fourth-order valence-electron chi connectivity index (χ4n) is 2.74. The Hall–Kier alpha value is -2.83. The van der Waals surface area contributed by atoms with Crippen molar-refractivity contribution in [3.8, 4) is 11.5 Å². The number of hydrogen-bond donors (Lipinski definition) is 3. The summed E-state index contributed by atoms with van der Waals surface area (Å²) in [6.07, 6.45) is 0. The summed E-state index contributed by atoms with van der Waals surface area (Å²) in [4.78, 5) is -0.175. The Morgan fingerprint density at radius 2 is 0.920 bits per heavy atom. The highest BCUT2D eigenvalue weighted by Crippen LogP contribution is 2.33. The molecular weight excluding hydrogens is 340 g/mol. The van der Waals surface area contributed by atoms with Crippen molar-refractivity contribution in [2.24, 2.45) is 0 Å². The van der Waals surface area contributed by atoms with E-state index >= 15 is 0 Å². The SMILES string of the molecule is O=S(=O)(O)c1ccc(C(c2ccc(O)cc2)c2ccc(O)cc2)cc1. The molecule has 3 aromatic rings. The standard InChI is InChI=1S/C19H16O5S/c20-16-7-1-13(2-8-16)19(14-3-9-17(21)10-4-14)15-5-11-18(12-6-15)25(22,23)24/h1-12,19-21H,(H,22,23,24). The number of phenolic OH excluding ortho intramolecular Hbond substituents is 2. The Morgan fingerprint density at radius 3 is 1.24 bits per heavy atom. The van der Waals surface area contributed by atoms with Gasteiger partial charge in [0.25, 0.3) is 10.1 Å². The first kappa shape index (κ1) is 17.0. The van der Waals surface area contributed by atoms with Gasteiger partial charge in [0.15, 0.2) is 0 Å². The molecule has 3 rings (SSSR count). The molecule has 0 aliphatic heterocycles. The maximum absolute atomic E-state index is 11.2. The minimum atomic E-state index is -4.25. The van der Waals surface area contributed by atoms with Gasteiger partial charge < -0.3 is 10.2 Å². The predicted molar refractivity (Wildman–Crippen MR) is 93.4 cm³/mol. The molecule has 3 aromatic carbocycles. The minimum absolute atomic E-state index is 0.148. The smallest absolute Gasteiger partial charge is 0.294 e. The van der Waals surface area contributed by atoms with Gasteiger partial charge in [-0.3, -0.25) is 4.55 Å². The quantitative estimate of drug-likeness (QED) is 0.491. The first-order valence-electron chi connectivity index (χ1n) is 7.50. The lowest BCUT2D eigenvalue weighted by Gasteiger charge is -2.19. The molecule has 3 N–H and O–H groups in total. The number of benzene rings is 3. The van der Waals surface area contributed by atoms with Gasteiger partial charge in [-0.25, -0.2) is 0 Å². The lowest BCUT2D eigenvalue weighted by molar-refractivity contribution is 0.475. The number of rotatable bonds is 4. The molecule has 0 atom stereocenters. The molecule has 0 saturated carbocycles. The van der Waals surface area contributed by atoms with Crippen LogP contribution in [0.15, 0.2) is 77.7 Å². The molecule has 0 bridgehead atoms. The van der Waals surface area contributed by atoms with Crippen LogP contribution in [0.25, 0.3) is 0 Å². The van der Waals surface area contributed by atoms with Gasteiger partial charge in [0, 0.05) is 5.92 Å². The first-order valence-corrected chi connectivity index (χ1v) is 8.94. The molecule has 128 valence electrons. The third-order valence-corrected chi connectivity index (χ3v) is 4.83. The van der Waals surface area contributed by atoms with E-state index < -0.39 is 10.1 Å². The maximum atomic E-state index is 11.2. The van der Waals surface area contributed by atoms with Crippen molar-refractivity contribution in [3.63, 3.8) is 0 Å². The van der Waals surface area contributed by atoms with E-state index in [1.54, 1.807) is 60.7 Å². The van der Waals surface area contributed by atoms with Crippen LogP contribution in [0.5, 0.6) is 11.5 Å². The fourth-order valence-corrected chi connectivity index (χ4v) is 3.22. The summed E-state index contributed by atoms with van der Waals surface area (Å²) in [7, 11) is -4.25. The topological polar surface area (TPSA) is 94.8 Å². The second-order valence-corrected chi connectivity index (χ2v) is 7.08. The van der Waals surface area contributed by atoms with E-state index in [1.165, 1.54) is 12.1 Å². The molecule has 0 spiro atoms. The molecular formula is C19H16O5S. The van der Waals surface area contributed by atoms with Crippen molar-refractivity contribution in [1.82, 2.24) is 0 Å². The molecule has 5 nitrogen and oxygen atoms in total. The molecule has 0 aromatic heterocycles. The summed E-state index contributed by atoms with van der Waals surface area (Å²) < 4.78 is 31.6. The van der Waals surface area contributed by atoms with Gasteiger partial charge in [0.05, 0.1) is 4.90 Å². The summed E-state index contributed by atoms with van der Waals surface area (Å²) >= 11 is 0. The molecule has 0 aliphatic rings. The van der Waals surface area contributed by atoms with Gasteiger partial charge in [0.2, 0.25) is 0 Å². The van der Waals surface area contributed by atoms with Gasteiger partial charge in [0.1, 0.15) is 11.5 Å². The van der Waals surface area contributed by atoms with Crippen LogP contribution >= 0.6 is 0 Å². The summed E-state index contributed by atoms with van der Waals surface area (Å²) in [5.41, 5.74) is 2.59. The summed E-state index contributed by atoms with van der Waals surface area (Å²) in [6.45, 7) is 0. The first-order chi connectivity index (χ1) is 11.8. The molecule has 0 saturated heterocycles. The number of hydrogen-bond acceptors (Lipinski definition) is 4. The fraction of sp³-hybridized carbons (Fsp3) is 0.0526. The molecule has 25 heavy (non-hydrogen) atoms. The van der Waals surface area contributed by atoms with E-state index in [4.69, 9.17) is 4.55 Å². The Labute approximate surface area is 145 Å². The van der Waals surface area contributed by atoms with Gasteiger partial charge in [-0.05, 0) is 53.1 Å². The monoisotopic (exact) mass is 356 g/mol. The minimum Gasteiger partial charge on any atom is -0.508 e. The zero-order valence-corrected chi connectivity index (χ0v) is 13.9. The molecule has 6 heteroatoms. The van der Waals surface area contributed by atoms with Crippen LogP contribution in [0.4, 0.5) is 0 Å². The van der Waals surface area contributed by atoms with Gasteiger partial charge in [-0.1, -0.05) is 36.4 Å². The predicted octanol–water partition coefficient (Wildman–Crippen LogP) is 3.52. The van der Waals surface area contributed by atoms with Crippen LogP contribution < -0.4 is 0 Å². The lowest BCUT2D eigenvalue weighted by Crippen LogP contribution is -2.04. The van der Waals surface area contributed by atoms with Crippen LogP contribution in [-0.2, 0) is 10.1 Å². The van der Waals surface area contributed by atoms with Crippen LogP contribution in [-0.4, -0.2) is 23.2 Å².